The molecule has 24 heavy (non-hydrogen) atoms. The molecule has 4 rings (SSSR count). The van der Waals surface area contributed by atoms with E-state index in [2.05, 4.69) is 29.8 Å². The van der Waals surface area contributed by atoms with E-state index in [0.29, 0.717) is 23.7 Å². The average molecular weight is 401 g/mol. The molecule has 9 atom stereocenters. The maximum absolute atomic E-state index is 10.6. The van der Waals surface area contributed by atoms with E-state index in [4.69, 9.17) is 0 Å². The third-order valence-corrected chi connectivity index (χ3v) is 10.5. The molecule has 3 nitrogen and oxygen atoms in total. The fraction of sp³-hybridized carbons (Fsp3) is 1.00. The number of halogens is 1. The lowest BCUT2D eigenvalue weighted by atomic mass is 9.42. The van der Waals surface area contributed by atoms with Crippen molar-refractivity contribution in [2.24, 2.45) is 34.5 Å². The van der Waals surface area contributed by atoms with Crippen LogP contribution in [0.15, 0.2) is 0 Å². The zero-order chi connectivity index (χ0) is 17.3. The van der Waals surface area contributed by atoms with Crippen LogP contribution in [0.5, 0.6) is 0 Å². The van der Waals surface area contributed by atoms with Crippen molar-refractivity contribution in [3.8, 4) is 0 Å². The first-order chi connectivity index (χ1) is 11.3. The predicted molar refractivity (Wildman–Crippen MR) is 97.9 cm³/mol. The van der Waals surface area contributed by atoms with Crippen LogP contribution in [0.25, 0.3) is 0 Å². The van der Waals surface area contributed by atoms with Gasteiger partial charge in [-0.05, 0) is 80.5 Å². The topological polar surface area (TPSA) is 60.7 Å². The van der Waals surface area contributed by atoms with Gasteiger partial charge in [-0.3, -0.25) is 0 Å². The summed E-state index contributed by atoms with van der Waals surface area (Å²) in [5.74, 6) is 2.07. The lowest BCUT2D eigenvalue weighted by Gasteiger charge is -2.66. The van der Waals surface area contributed by atoms with E-state index in [1.165, 1.54) is 6.42 Å². The van der Waals surface area contributed by atoms with Gasteiger partial charge in [-0.2, -0.15) is 0 Å². The molecule has 0 unspecified atom stereocenters. The van der Waals surface area contributed by atoms with Crippen LogP contribution in [0.2, 0.25) is 0 Å². The second-order valence-corrected chi connectivity index (χ2v) is 11.2. The Morgan fingerprint density at radius 2 is 1.79 bits per heavy atom. The van der Waals surface area contributed by atoms with Crippen LogP contribution in [0, 0.1) is 34.5 Å². The van der Waals surface area contributed by atoms with Gasteiger partial charge in [-0.15, -0.1) is 0 Å². The molecule has 0 aromatic heterocycles. The minimum absolute atomic E-state index is 0.0849. The summed E-state index contributed by atoms with van der Waals surface area (Å²) in [6.07, 6.45) is 7.68. The van der Waals surface area contributed by atoms with E-state index in [1.54, 1.807) is 0 Å². The van der Waals surface area contributed by atoms with Crippen LogP contribution in [-0.2, 0) is 0 Å². The molecule has 3 N–H and O–H groups in total. The normalized spacial score (nSPS) is 60.2. The van der Waals surface area contributed by atoms with Crippen LogP contribution in [0.3, 0.4) is 0 Å². The zero-order valence-corrected chi connectivity index (χ0v) is 16.6. The minimum atomic E-state index is -0.252. The van der Waals surface area contributed by atoms with Gasteiger partial charge in [0.15, 0.2) is 0 Å². The predicted octanol–water partition coefficient (Wildman–Crippen LogP) is 3.49. The van der Waals surface area contributed by atoms with Gasteiger partial charge in [-0.1, -0.05) is 29.8 Å². The first kappa shape index (κ1) is 17.8. The van der Waals surface area contributed by atoms with E-state index in [1.807, 2.05) is 0 Å². The molecule has 0 saturated heterocycles. The van der Waals surface area contributed by atoms with Crippen molar-refractivity contribution in [1.82, 2.24) is 0 Å². The highest BCUT2D eigenvalue weighted by Gasteiger charge is 2.67. The van der Waals surface area contributed by atoms with Crippen molar-refractivity contribution < 1.29 is 15.3 Å². The molecule has 4 aliphatic rings. The van der Waals surface area contributed by atoms with E-state index in [-0.39, 0.29) is 34.0 Å². The molecular weight excluding hydrogens is 368 g/mol. The molecule has 0 bridgehead atoms. The summed E-state index contributed by atoms with van der Waals surface area (Å²) in [5, 5.41) is 31.6. The number of aliphatic hydroxyl groups is 3. The molecule has 0 radical (unpaired) electrons. The lowest BCUT2D eigenvalue weighted by Crippen LogP contribution is -2.66. The number of alkyl halides is 1. The van der Waals surface area contributed by atoms with Crippen molar-refractivity contribution in [3.63, 3.8) is 0 Å². The first-order valence-corrected chi connectivity index (χ1v) is 10.7. The fourth-order valence-corrected chi connectivity index (χ4v) is 9.26. The van der Waals surface area contributed by atoms with Crippen LogP contribution in [-0.4, -0.2) is 38.5 Å². The highest BCUT2D eigenvalue weighted by Crippen LogP contribution is 2.70. The SMILES string of the molecule is C[C@@H]1C[C@H](O)C[C@]2(Br)CC[C@H]3[C@@H]4CC[C@H](O)[C@@]4(C)CC[C@@H]3[C@@]12CO. The molecule has 0 aliphatic heterocycles. The highest BCUT2D eigenvalue weighted by molar-refractivity contribution is 9.10. The molecule has 0 amide bonds. The summed E-state index contributed by atoms with van der Waals surface area (Å²) in [4.78, 5) is 0. The minimum Gasteiger partial charge on any atom is -0.396 e. The van der Waals surface area contributed by atoms with Gasteiger partial charge in [0, 0.05) is 9.74 Å². The van der Waals surface area contributed by atoms with Crippen molar-refractivity contribution in [1.29, 1.82) is 0 Å². The largest absolute Gasteiger partial charge is 0.396 e. The summed E-state index contributed by atoms with van der Waals surface area (Å²) in [6, 6.07) is 0. The van der Waals surface area contributed by atoms with E-state index in [9.17, 15) is 15.3 Å². The Labute approximate surface area is 154 Å². The van der Waals surface area contributed by atoms with Crippen LogP contribution in [0.1, 0.15) is 65.2 Å². The summed E-state index contributed by atoms with van der Waals surface area (Å²) in [5.41, 5.74) is -0.0361. The van der Waals surface area contributed by atoms with Gasteiger partial charge in [-0.25, -0.2) is 0 Å². The maximum atomic E-state index is 10.6. The lowest BCUT2D eigenvalue weighted by molar-refractivity contribution is -0.167. The summed E-state index contributed by atoms with van der Waals surface area (Å²) >= 11 is 4.06. The van der Waals surface area contributed by atoms with E-state index < -0.39 is 0 Å². The van der Waals surface area contributed by atoms with Crippen molar-refractivity contribution in [2.45, 2.75) is 81.7 Å². The van der Waals surface area contributed by atoms with Gasteiger partial charge >= 0.3 is 0 Å². The van der Waals surface area contributed by atoms with E-state index in [0.717, 1.165) is 44.9 Å². The number of rotatable bonds is 1. The Kier molecular flexibility index (Phi) is 4.20. The van der Waals surface area contributed by atoms with Crippen LogP contribution < -0.4 is 0 Å². The molecule has 4 saturated carbocycles. The third-order valence-electron chi connectivity index (χ3n) is 9.08. The Balaban J connectivity index is 1.74. The average Bonchev–Trinajstić information content (AvgIpc) is 2.82. The molecule has 0 spiro atoms. The second-order valence-electron chi connectivity index (χ2n) is 9.71. The fourth-order valence-electron chi connectivity index (χ4n) is 7.85. The molecule has 4 fully saturated rings. The number of hydrogen-bond acceptors (Lipinski definition) is 3. The van der Waals surface area contributed by atoms with Gasteiger partial charge in [0.25, 0.3) is 0 Å². The molecule has 4 heteroatoms. The third kappa shape index (κ3) is 2.06. The Hall–Kier alpha value is 0.360. The zero-order valence-electron chi connectivity index (χ0n) is 15.0. The molecule has 4 aliphatic carbocycles. The molecule has 0 aromatic rings. The Morgan fingerprint density at radius 3 is 2.50 bits per heavy atom. The van der Waals surface area contributed by atoms with Crippen molar-refractivity contribution in [2.75, 3.05) is 6.61 Å². The highest BCUT2D eigenvalue weighted by atomic mass is 79.9. The number of aliphatic hydroxyl groups excluding tert-OH is 3. The number of fused-ring (bicyclic) bond motifs is 5. The smallest absolute Gasteiger partial charge is 0.0596 e. The summed E-state index contributed by atoms with van der Waals surface area (Å²) in [7, 11) is 0. The molecule has 0 aromatic carbocycles. The van der Waals surface area contributed by atoms with Crippen molar-refractivity contribution in [3.05, 3.63) is 0 Å². The monoisotopic (exact) mass is 400 g/mol. The van der Waals surface area contributed by atoms with Gasteiger partial charge in [0.05, 0.1) is 18.8 Å². The Bertz CT molecular complexity index is 513. The van der Waals surface area contributed by atoms with Gasteiger partial charge in [0.1, 0.15) is 0 Å². The summed E-state index contributed by atoms with van der Waals surface area (Å²) < 4.78 is -0.127. The van der Waals surface area contributed by atoms with Crippen LogP contribution >= 0.6 is 15.9 Å². The van der Waals surface area contributed by atoms with Gasteiger partial charge in [0.2, 0.25) is 0 Å². The molecular formula is C20H33BrO3. The molecule has 138 valence electrons. The number of hydrogen-bond donors (Lipinski definition) is 3. The molecule has 0 heterocycles. The van der Waals surface area contributed by atoms with Crippen LogP contribution in [0.4, 0.5) is 0 Å². The van der Waals surface area contributed by atoms with Gasteiger partial charge < -0.3 is 15.3 Å². The summed E-state index contributed by atoms with van der Waals surface area (Å²) in [6.45, 7) is 4.77. The first-order valence-electron chi connectivity index (χ1n) is 9.94. The maximum Gasteiger partial charge on any atom is 0.0596 e. The van der Waals surface area contributed by atoms with Crippen molar-refractivity contribution >= 4 is 15.9 Å². The van der Waals surface area contributed by atoms with E-state index >= 15 is 0 Å². The quantitative estimate of drug-likeness (QED) is 0.590. The second kappa shape index (κ2) is 5.68. The Morgan fingerprint density at radius 1 is 1.04 bits per heavy atom. The standard InChI is InChI=1S/C20H33BrO3/c1-12-9-13(23)10-19(21)8-5-14-15-3-4-17(24)18(15,2)7-6-16(14)20(12,19)11-22/h12-17,22-24H,3-11H2,1-2H3/t12-,13+,14+,15+,16+,17+,18+,19-,20-/m1/s1.